The molecule has 1 fully saturated rings. The molecule has 0 aliphatic carbocycles. The Morgan fingerprint density at radius 3 is 2.57 bits per heavy atom. The number of likely N-dealkylation sites (tertiary alicyclic amines) is 1. The van der Waals surface area contributed by atoms with Gasteiger partial charge in [0.25, 0.3) is 0 Å². The van der Waals surface area contributed by atoms with Gasteiger partial charge < -0.3 is 9.47 Å². The number of fused-ring (bicyclic) bond motifs is 3. The Bertz CT molecular complexity index is 1200. The fourth-order valence-electron chi connectivity index (χ4n) is 4.07. The molecule has 1 unspecified atom stereocenters. The summed E-state index contributed by atoms with van der Waals surface area (Å²) in [5.74, 6) is 0.158. The van der Waals surface area contributed by atoms with Crippen molar-refractivity contribution < 1.29 is 4.79 Å². The summed E-state index contributed by atoms with van der Waals surface area (Å²) in [6.07, 6.45) is 2.18. The number of carbonyl (C=O) groups excluding carboxylic acids is 1. The molecule has 1 amide bonds. The molecule has 0 radical (unpaired) electrons. The molecule has 0 bridgehead atoms. The molecule has 0 N–H and O–H groups in total. The van der Waals surface area contributed by atoms with Gasteiger partial charge in [-0.15, -0.1) is 10.2 Å². The maximum absolute atomic E-state index is 12.7. The molecule has 30 heavy (non-hydrogen) atoms. The highest BCUT2D eigenvalue weighted by atomic mass is 32.2. The lowest BCUT2D eigenvalue weighted by Crippen LogP contribution is -2.34. The van der Waals surface area contributed by atoms with Crippen LogP contribution < -0.4 is 0 Å². The SMILES string of the molecule is CC(Sc1nnc2c3ccccc3n(Cc3ccccc3)c2n1)C(=O)N1CCCC1. The maximum Gasteiger partial charge on any atom is 0.235 e. The average Bonchev–Trinajstić information content (AvgIpc) is 3.42. The Kier molecular flexibility index (Phi) is 5.12. The molecule has 0 saturated carbocycles. The number of amides is 1. The van der Waals surface area contributed by atoms with Crippen molar-refractivity contribution in [1.29, 1.82) is 0 Å². The molecule has 1 saturated heterocycles. The van der Waals surface area contributed by atoms with E-state index >= 15 is 0 Å². The van der Waals surface area contributed by atoms with Crippen LogP contribution in [-0.4, -0.2) is 48.9 Å². The molecular weight excluding hydrogens is 394 g/mol. The summed E-state index contributed by atoms with van der Waals surface area (Å²) >= 11 is 1.39. The van der Waals surface area contributed by atoms with Crippen LogP contribution in [0.4, 0.5) is 0 Å². The number of aromatic nitrogens is 4. The van der Waals surface area contributed by atoms with Crippen molar-refractivity contribution in [2.45, 2.75) is 36.7 Å². The second kappa shape index (κ2) is 8.07. The maximum atomic E-state index is 12.7. The van der Waals surface area contributed by atoms with E-state index in [1.807, 2.05) is 42.2 Å². The first-order chi connectivity index (χ1) is 14.7. The second-order valence-corrected chi connectivity index (χ2v) is 8.96. The van der Waals surface area contributed by atoms with E-state index in [1.165, 1.54) is 17.3 Å². The zero-order chi connectivity index (χ0) is 20.5. The van der Waals surface area contributed by atoms with Crippen LogP contribution in [0, 0.1) is 0 Å². The quantitative estimate of drug-likeness (QED) is 0.457. The summed E-state index contributed by atoms with van der Waals surface area (Å²) in [5.41, 5.74) is 3.88. The van der Waals surface area contributed by atoms with Crippen LogP contribution >= 0.6 is 11.8 Å². The smallest absolute Gasteiger partial charge is 0.235 e. The van der Waals surface area contributed by atoms with Crippen LogP contribution in [0.5, 0.6) is 0 Å². The summed E-state index contributed by atoms with van der Waals surface area (Å²) in [7, 11) is 0. The van der Waals surface area contributed by atoms with Gasteiger partial charge in [0.2, 0.25) is 11.1 Å². The van der Waals surface area contributed by atoms with Gasteiger partial charge >= 0.3 is 0 Å². The van der Waals surface area contributed by atoms with E-state index in [1.54, 1.807) is 0 Å². The number of carbonyl (C=O) groups is 1. The third-order valence-corrected chi connectivity index (χ3v) is 6.52. The Morgan fingerprint density at radius 1 is 1.03 bits per heavy atom. The Balaban J connectivity index is 1.52. The largest absolute Gasteiger partial charge is 0.342 e. The minimum atomic E-state index is -0.227. The third-order valence-electron chi connectivity index (χ3n) is 5.59. The van der Waals surface area contributed by atoms with E-state index in [2.05, 4.69) is 39.0 Å². The first-order valence-corrected chi connectivity index (χ1v) is 11.2. The van der Waals surface area contributed by atoms with E-state index in [-0.39, 0.29) is 11.2 Å². The van der Waals surface area contributed by atoms with Gasteiger partial charge in [-0.2, -0.15) is 0 Å². The molecule has 1 aliphatic heterocycles. The van der Waals surface area contributed by atoms with Crippen LogP contribution in [0.1, 0.15) is 25.3 Å². The van der Waals surface area contributed by atoms with Gasteiger partial charge in [0, 0.05) is 25.0 Å². The fourth-order valence-corrected chi connectivity index (χ4v) is 4.86. The molecule has 6 nitrogen and oxygen atoms in total. The highest BCUT2D eigenvalue weighted by Gasteiger charge is 2.25. The van der Waals surface area contributed by atoms with E-state index in [9.17, 15) is 4.79 Å². The second-order valence-electron chi connectivity index (χ2n) is 7.65. The summed E-state index contributed by atoms with van der Waals surface area (Å²) in [6, 6.07) is 18.5. The summed E-state index contributed by atoms with van der Waals surface area (Å²) in [4.78, 5) is 19.5. The van der Waals surface area contributed by atoms with E-state index in [0.29, 0.717) is 11.7 Å². The zero-order valence-corrected chi connectivity index (χ0v) is 17.7. The van der Waals surface area contributed by atoms with Crippen LogP contribution in [0.3, 0.4) is 0 Å². The number of hydrogen-bond acceptors (Lipinski definition) is 5. The Labute approximate surface area is 179 Å². The lowest BCUT2D eigenvalue weighted by molar-refractivity contribution is -0.129. The van der Waals surface area contributed by atoms with Crippen LogP contribution in [0.15, 0.2) is 59.8 Å². The molecule has 1 atom stereocenters. The summed E-state index contributed by atoms with van der Waals surface area (Å²) in [5, 5.41) is 10.2. The predicted octanol–water partition coefficient (Wildman–Crippen LogP) is 4.13. The van der Waals surface area contributed by atoms with Gasteiger partial charge in [-0.05, 0) is 31.4 Å². The minimum absolute atomic E-state index is 0.158. The lowest BCUT2D eigenvalue weighted by Gasteiger charge is -2.19. The molecule has 7 heteroatoms. The average molecular weight is 418 g/mol. The van der Waals surface area contributed by atoms with Crippen molar-refractivity contribution in [3.63, 3.8) is 0 Å². The molecule has 152 valence electrons. The zero-order valence-electron chi connectivity index (χ0n) is 16.9. The summed E-state index contributed by atoms with van der Waals surface area (Å²) in [6.45, 7) is 4.34. The predicted molar refractivity (Wildman–Crippen MR) is 120 cm³/mol. The highest BCUT2D eigenvalue weighted by molar-refractivity contribution is 8.00. The number of benzene rings is 2. The van der Waals surface area contributed by atoms with Crippen molar-refractivity contribution in [2.75, 3.05) is 13.1 Å². The summed E-state index contributed by atoms with van der Waals surface area (Å²) < 4.78 is 2.19. The van der Waals surface area contributed by atoms with E-state index in [0.717, 1.165) is 48.0 Å². The molecule has 4 aromatic rings. The molecule has 2 aromatic carbocycles. The van der Waals surface area contributed by atoms with Gasteiger partial charge in [-0.1, -0.05) is 60.3 Å². The van der Waals surface area contributed by atoms with Crippen LogP contribution in [0.2, 0.25) is 0 Å². The van der Waals surface area contributed by atoms with Crippen molar-refractivity contribution in [1.82, 2.24) is 24.6 Å². The van der Waals surface area contributed by atoms with Crippen LogP contribution in [0.25, 0.3) is 22.1 Å². The van der Waals surface area contributed by atoms with Crippen molar-refractivity contribution in [3.05, 3.63) is 60.2 Å². The standard InChI is InChI=1S/C23H23N5OS/c1-16(22(29)27-13-7-8-14-27)30-23-24-21-20(25-26-23)18-11-5-6-12-19(18)28(21)15-17-9-3-2-4-10-17/h2-6,9-12,16H,7-8,13-15H2,1H3. The number of thioether (sulfide) groups is 1. The molecular formula is C23H23N5OS. The van der Waals surface area contributed by atoms with Gasteiger partial charge in [-0.25, -0.2) is 4.98 Å². The molecule has 3 heterocycles. The molecule has 1 aliphatic rings. The van der Waals surface area contributed by atoms with Crippen molar-refractivity contribution >= 4 is 39.7 Å². The number of nitrogens with zero attached hydrogens (tertiary/aromatic N) is 5. The fraction of sp³-hybridized carbons (Fsp3) is 0.304. The van der Waals surface area contributed by atoms with Gasteiger partial charge in [0.05, 0.1) is 10.8 Å². The normalized spacial score (nSPS) is 15.2. The van der Waals surface area contributed by atoms with Crippen molar-refractivity contribution in [3.8, 4) is 0 Å². The molecule has 0 spiro atoms. The van der Waals surface area contributed by atoms with E-state index < -0.39 is 0 Å². The molecule has 2 aromatic heterocycles. The Hall–Kier alpha value is -2.93. The number of rotatable bonds is 5. The number of hydrogen-bond donors (Lipinski definition) is 0. The van der Waals surface area contributed by atoms with E-state index in [4.69, 9.17) is 4.98 Å². The highest BCUT2D eigenvalue weighted by Crippen LogP contribution is 2.29. The topological polar surface area (TPSA) is 63.9 Å². The third kappa shape index (κ3) is 3.54. The lowest BCUT2D eigenvalue weighted by atomic mass is 10.2. The van der Waals surface area contributed by atoms with Crippen LogP contribution in [-0.2, 0) is 11.3 Å². The van der Waals surface area contributed by atoms with Gasteiger partial charge in [0.15, 0.2) is 5.65 Å². The Morgan fingerprint density at radius 2 is 1.77 bits per heavy atom. The number of para-hydroxylation sites is 1. The monoisotopic (exact) mass is 417 g/mol. The van der Waals surface area contributed by atoms with Gasteiger partial charge in [0.1, 0.15) is 5.52 Å². The first-order valence-electron chi connectivity index (χ1n) is 10.3. The molecule has 5 rings (SSSR count). The van der Waals surface area contributed by atoms with Gasteiger partial charge in [-0.3, -0.25) is 4.79 Å². The first kappa shape index (κ1) is 19.1. The van der Waals surface area contributed by atoms with Crippen molar-refractivity contribution in [2.24, 2.45) is 0 Å². The minimum Gasteiger partial charge on any atom is -0.342 e.